The van der Waals surface area contributed by atoms with Gasteiger partial charge in [-0.25, -0.2) is 4.99 Å². The Morgan fingerprint density at radius 2 is 2.07 bits per heavy atom. The number of nitrogens with zero attached hydrogens (tertiary/aromatic N) is 4. The van der Waals surface area contributed by atoms with Crippen LogP contribution in [0.1, 0.15) is 31.2 Å². The zero-order valence-electron chi connectivity index (χ0n) is 16.1. The van der Waals surface area contributed by atoms with E-state index in [2.05, 4.69) is 49.0 Å². The number of nitrogens with one attached hydrogen (secondary N) is 1. The third-order valence-electron chi connectivity index (χ3n) is 4.96. The largest absolute Gasteiger partial charge is 0.370 e. The van der Waals surface area contributed by atoms with Crippen molar-refractivity contribution in [2.75, 3.05) is 26.2 Å². The number of likely N-dealkylation sites (tertiary alicyclic amines) is 1. The van der Waals surface area contributed by atoms with E-state index in [1.807, 2.05) is 24.3 Å². The number of allylic oxidation sites excluding steroid dienone is 1. The van der Waals surface area contributed by atoms with Gasteiger partial charge in [-0.15, -0.1) is 0 Å². The van der Waals surface area contributed by atoms with Crippen molar-refractivity contribution in [3.63, 3.8) is 0 Å². The maximum Gasteiger partial charge on any atom is 0.171 e. The van der Waals surface area contributed by atoms with E-state index in [-0.39, 0.29) is 0 Å². The molecule has 1 fully saturated rings. The SMILES string of the molecule is C=Nc1c(Br)cnn1/C(=C\Cc1ccccc1Cl)NCCCCN1CCCC1. The molecule has 0 bridgehead atoms. The van der Waals surface area contributed by atoms with Crippen molar-refractivity contribution in [3.05, 3.63) is 51.6 Å². The summed E-state index contributed by atoms with van der Waals surface area (Å²) in [7, 11) is 0. The molecule has 0 atom stereocenters. The first kappa shape index (κ1) is 21.1. The summed E-state index contributed by atoms with van der Waals surface area (Å²) in [5.41, 5.74) is 1.08. The van der Waals surface area contributed by atoms with Gasteiger partial charge in [0.1, 0.15) is 5.82 Å². The monoisotopic (exact) mass is 463 g/mol. The predicted molar refractivity (Wildman–Crippen MR) is 121 cm³/mol. The highest BCUT2D eigenvalue weighted by Crippen LogP contribution is 2.27. The Morgan fingerprint density at radius 3 is 2.82 bits per heavy atom. The van der Waals surface area contributed by atoms with E-state index >= 15 is 0 Å². The van der Waals surface area contributed by atoms with Crippen molar-refractivity contribution in [2.24, 2.45) is 4.99 Å². The van der Waals surface area contributed by atoms with Crippen molar-refractivity contribution in [1.29, 1.82) is 0 Å². The molecular weight excluding hydrogens is 438 g/mol. The third-order valence-corrected chi connectivity index (χ3v) is 5.89. The molecule has 3 rings (SSSR count). The first-order valence-electron chi connectivity index (χ1n) is 9.79. The molecule has 2 heterocycles. The van der Waals surface area contributed by atoms with E-state index in [1.54, 1.807) is 10.9 Å². The first-order valence-corrected chi connectivity index (χ1v) is 11.0. The number of halogens is 2. The fourth-order valence-electron chi connectivity index (χ4n) is 3.43. The third kappa shape index (κ3) is 5.69. The maximum absolute atomic E-state index is 6.31. The lowest BCUT2D eigenvalue weighted by Crippen LogP contribution is -2.23. The van der Waals surface area contributed by atoms with Gasteiger partial charge in [-0.2, -0.15) is 9.78 Å². The van der Waals surface area contributed by atoms with Gasteiger partial charge in [0, 0.05) is 11.6 Å². The van der Waals surface area contributed by atoms with Crippen LogP contribution in [0.5, 0.6) is 0 Å². The lowest BCUT2D eigenvalue weighted by atomic mass is 10.1. The van der Waals surface area contributed by atoms with Crippen molar-refractivity contribution in [3.8, 4) is 0 Å². The average molecular weight is 465 g/mol. The van der Waals surface area contributed by atoms with Gasteiger partial charge in [0.05, 0.1) is 10.7 Å². The second-order valence-electron chi connectivity index (χ2n) is 6.95. The van der Waals surface area contributed by atoms with Crippen LogP contribution in [0.25, 0.3) is 5.82 Å². The molecular formula is C21H27BrClN5. The molecule has 0 amide bonds. The topological polar surface area (TPSA) is 45.5 Å². The summed E-state index contributed by atoms with van der Waals surface area (Å²) < 4.78 is 2.61. The molecule has 1 aliphatic heterocycles. The minimum atomic E-state index is 0.690. The number of aliphatic imine (C=N–C) groups is 1. The molecule has 28 heavy (non-hydrogen) atoms. The fraction of sp³-hybridized carbons (Fsp3) is 0.429. The highest BCUT2D eigenvalue weighted by atomic mass is 79.9. The van der Waals surface area contributed by atoms with E-state index in [0.717, 1.165) is 33.8 Å². The maximum atomic E-state index is 6.31. The second kappa shape index (κ2) is 10.8. The zero-order valence-corrected chi connectivity index (χ0v) is 18.4. The number of hydrogen-bond donors (Lipinski definition) is 1. The van der Waals surface area contributed by atoms with Crippen LogP contribution in [0, 0.1) is 0 Å². The normalized spacial score (nSPS) is 15.1. The molecule has 1 aliphatic rings. The van der Waals surface area contributed by atoms with Crippen molar-refractivity contribution >= 4 is 45.9 Å². The number of unbranched alkanes of at least 4 members (excludes halogenated alkanes) is 1. The average Bonchev–Trinajstić information content (AvgIpc) is 3.34. The summed E-state index contributed by atoms with van der Waals surface area (Å²) in [6, 6.07) is 7.90. The van der Waals surface area contributed by atoms with E-state index in [1.165, 1.54) is 38.9 Å². The van der Waals surface area contributed by atoms with Crippen LogP contribution in [-0.4, -0.2) is 47.6 Å². The van der Waals surface area contributed by atoms with E-state index < -0.39 is 0 Å². The van der Waals surface area contributed by atoms with Crippen LogP contribution in [0.3, 0.4) is 0 Å². The van der Waals surface area contributed by atoms with Crippen LogP contribution in [-0.2, 0) is 6.42 Å². The zero-order chi connectivity index (χ0) is 19.8. The first-order chi connectivity index (χ1) is 13.7. The lowest BCUT2D eigenvalue weighted by Gasteiger charge is -2.16. The quantitative estimate of drug-likeness (QED) is 0.391. The summed E-state index contributed by atoms with van der Waals surface area (Å²) in [6.45, 7) is 8.26. The van der Waals surface area contributed by atoms with Gasteiger partial charge in [0.15, 0.2) is 5.82 Å². The molecule has 0 aliphatic carbocycles. The lowest BCUT2D eigenvalue weighted by molar-refractivity contribution is 0.330. The molecule has 2 aromatic rings. The van der Waals surface area contributed by atoms with Crippen LogP contribution in [0.2, 0.25) is 5.02 Å². The highest BCUT2D eigenvalue weighted by Gasteiger charge is 2.12. The Labute approximate surface area is 180 Å². The van der Waals surface area contributed by atoms with Gasteiger partial charge < -0.3 is 10.2 Å². The molecule has 1 saturated heterocycles. The molecule has 5 nitrogen and oxygen atoms in total. The molecule has 1 aromatic heterocycles. The molecule has 150 valence electrons. The van der Waals surface area contributed by atoms with Gasteiger partial charge in [0.2, 0.25) is 0 Å². The van der Waals surface area contributed by atoms with Crippen LogP contribution in [0.4, 0.5) is 5.82 Å². The molecule has 7 heteroatoms. The molecule has 0 saturated carbocycles. The summed E-state index contributed by atoms with van der Waals surface area (Å²) in [6.07, 6.45) is 9.55. The fourth-order valence-corrected chi connectivity index (χ4v) is 4.03. The smallest absolute Gasteiger partial charge is 0.171 e. The minimum absolute atomic E-state index is 0.690. The van der Waals surface area contributed by atoms with Crippen LogP contribution >= 0.6 is 27.5 Å². The van der Waals surface area contributed by atoms with E-state index in [9.17, 15) is 0 Å². The molecule has 0 radical (unpaired) electrons. The Balaban J connectivity index is 1.64. The minimum Gasteiger partial charge on any atom is -0.370 e. The number of rotatable bonds is 10. The van der Waals surface area contributed by atoms with Gasteiger partial charge in [-0.1, -0.05) is 29.8 Å². The Bertz CT molecular complexity index is 811. The van der Waals surface area contributed by atoms with Crippen LogP contribution in [0.15, 0.2) is 46.0 Å². The van der Waals surface area contributed by atoms with E-state index in [0.29, 0.717) is 12.2 Å². The number of hydrogen-bond acceptors (Lipinski definition) is 4. The van der Waals surface area contributed by atoms with Crippen molar-refractivity contribution in [2.45, 2.75) is 32.1 Å². The summed E-state index contributed by atoms with van der Waals surface area (Å²) >= 11 is 9.80. The van der Waals surface area contributed by atoms with Gasteiger partial charge in [0.25, 0.3) is 0 Å². The molecule has 1 aromatic carbocycles. The number of benzene rings is 1. The predicted octanol–water partition coefficient (Wildman–Crippen LogP) is 5.14. The summed E-state index contributed by atoms with van der Waals surface area (Å²) in [4.78, 5) is 6.66. The number of aromatic nitrogens is 2. The Hall–Kier alpha value is -1.63. The second-order valence-corrected chi connectivity index (χ2v) is 8.22. The van der Waals surface area contributed by atoms with Crippen LogP contribution < -0.4 is 5.32 Å². The van der Waals surface area contributed by atoms with Gasteiger partial charge >= 0.3 is 0 Å². The van der Waals surface area contributed by atoms with Crippen molar-refractivity contribution < 1.29 is 0 Å². The highest BCUT2D eigenvalue weighted by molar-refractivity contribution is 9.10. The summed E-state index contributed by atoms with van der Waals surface area (Å²) in [5, 5.41) is 8.75. The summed E-state index contributed by atoms with van der Waals surface area (Å²) in [5.74, 6) is 1.59. The standard InChI is InChI=1S/C21H27BrClN5/c1-24-21-18(22)16-26-28(21)20(11-10-17-8-2-3-9-19(17)23)25-12-4-5-13-27-14-6-7-15-27/h2-3,8-9,11,16,25H,1,4-7,10,12-15H2/b20-11-. The molecule has 0 unspecified atom stereocenters. The Morgan fingerprint density at radius 1 is 1.29 bits per heavy atom. The van der Waals surface area contributed by atoms with E-state index in [4.69, 9.17) is 11.6 Å². The van der Waals surface area contributed by atoms with Crippen molar-refractivity contribution in [1.82, 2.24) is 20.0 Å². The molecule has 1 N–H and O–H groups in total. The van der Waals surface area contributed by atoms with Gasteiger partial charge in [-0.05, 0) is 92.1 Å². The molecule has 0 spiro atoms. The van der Waals surface area contributed by atoms with Gasteiger partial charge in [-0.3, -0.25) is 0 Å². The Kier molecular flexibility index (Phi) is 8.13.